The van der Waals surface area contributed by atoms with Gasteiger partial charge in [-0.2, -0.15) is 11.8 Å². The monoisotopic (exact) mass is 437 g/mol. The van der Waals surface area contributed by atoms with Crippen LogP contribution in [-0.2, 0) is 22.6 Å². The van der Waals surface area contributed by atoms with Crippen LogP contribution < -0.4 is 21.3 Å². The standard InChI is InChI=1S/C19H31N7O3S/c1-12(2)21-17(28)7-6-13-10-26(25-24-13)9-8-20-16(27)5-3-4-15-18-14(11-30-15)22-19(29)23-18/h10,12,14-15,18H,3-9,11H2,1-2H3,(H,20,27)(H,21,28)(H2,22,23,29)/t14?,15-,18?/m0/s1. The maximum atomic E-state index is 12.1. The van der Waals surface area contributed by atoms with Gasteiger partial charge >= 0.3 is 6.03 Å². The molecule has 4 N–H and O–H groups in total. The van der Waals surface area contributed by atoms with Gasteiger partial charge in [-0.15, -0.1) is 5.10 Å². The second kappa shape index (κ2) is 10.6. The van der Waals surface area contributed by atoms with Crippen LogP contribution in [0.25, 0.3) is 0 Å². The molecule has 2 saturated heterocycles. The van der Waals surface area contributed by atoms with Crippen molar-refractivity contribution in [2.45, 2.75) is 75.9 Å². The van der Waals surface area contributed by atoms with Gasteiger partial charge in [0, 0.05) is 49.0 Å². The van der Waals surface area contributed by atoms with Gasteiger partial charge in [0.1, 0.15) is 0 Å². The summed E-state index contributed by atoms with van der Waals surface area (Å²) in [6.45, 7) is 4.88. The molecule has 10 nitrogen and oxygen atoms in total. The van der Waals surface area contributed by atoms with Crippen molar-refractivity contribution in [1.82, 2.24) is 36.3 Å². The lowest BCUT2D eigenvalue weighted by Crippen LogP contribution is -2.37. The minimum atomic E-state index is -0.0804. The van der Waals surface area contributed by atoms with E-state index in [9.17, 15) is 14.4 Å². The quantitative estimate of drug-likeness (QED) is 0.366. The molecule has 1 aromatic heterocycles. The number of hydrogen-bond donors (Lipinski definition) is 4. The first-order chi connectivity index (χ1) is 14.4. The highest BCUT2D eigenvalue weighted by Crippen LogP contribution is 2.32. The van der Waals surface area contributed by atoms with Crippen molar-refractivity contribution in [3.05, 3.63) is 11.9 Å². The van der Waals surface area contributed by atoms with E-state index in [2.05, 4.69) is 31.6 Å². The zero-order valence-electron chi connectivity index (χ0n) is 17.5. The van der Waals surface area contributed by atoms with Crippen LogP contribution in [0.1, 0.15) is 45.2 Å². The largest absolute Gasteiger partial charge is 0.354 e. The first-order valence-corrected chi connectivity index (χ1v) is 11.6. The second-order valence-corrected chi connectivity index (χ2v) is 9.33. The first kappa shape index (κ1) is 22.4. The Bertz CT molecular complexity index is 754. The van der Waals surface area contributed by atoms with Crippen molar-refractivity contribution in [3.8, 4) is 0 Å². The normalized spacial score (nSPS) is 22.5. The molecule has 2 unspecified atom stereocenters. The Labute approximate surface area is 180 Å². The SMILES string of the molecule is CC(C)NC(=O)CCc1cn(CCNC(=O)CCC[C@@H]2SCC3NC(=O)NC32)nn1. The summed E-state index contributed by atoms with van der Waals surface area (Å²) in [7, 11) is 0. The molecular formula is C19H31N7O3S. The summed E-state index contributed by atoms with van der Waals surface area (Å²) < 4.78 is 1.68. The van der Waals surface area contributed by atoms with E-state index in [4.69, 9.17) is 0 Å². The fraction of sp³-hybridized carbons (Fsp3) is 0.737. The highest BCUT2D eigenvalue weighted by molar-refractivity contribution is 8.00. The minimum absolute atomic E-state index is 0.00455. The molecule has 2 aliphatic heterocycles. The van der Waals surface area contributed by atoms with E-state index in [-0.39, 0.29) is 36.0 Å². The minimum Gasteiger partial charge on any atom is -0.354 e. The Morgan fingerprint density at radius 1 is 1.30 bits per heavy atom. The van der Waals surface area contributed by atoms with E-state index in [1.54, 1.807) is 4.68 Å². The number of fused-ring (bicyclic) bond motifs is 1. The smallest absolute Gasteiger partial charge is 0.315 e. The van der Waals surface area contributed by atoms with Crippen LogP contribution in [0.4, 0.5) is 4.79 Å². The molecule has 0 radical (unpaired) electrons. The zero-order chi connectivity index (χ0) is 21.5. The van der Waals surface area contributed by atoms with Crippen LogP contribution in [0.3, 0.4) is 0 Å². The molecule has 0 aliphatic carbocycles. The van der Waals surface area contributed by atoms with Gasteiger partial charge in [-0.25, -0.2) is 4.79 Å². The van der Waals surface area contributed by atoms with Crippen LogP contribution in [0.2, 0.25) is 0 Å². The Morgan fingerprint density at radius 2 is 2.13 bits per heavy atom. The maximum absolute atomic E-state index is 12.1. The summed E-state index contributed by atoms with van der Waals surface area (Å²) in [6, 6.07) is 0.455. The molecule has 2 fully saturated rings. The highest BCUT2D eigenvalue weighted by Gasteiger charge is 2.42. The van der Waals surface area contributed by atoms with Crippen molar-refractivity contribution in [3.63, 3.8) is 0 Å². The Kier molecular flexibility index (Phi) is 7.94. The highest BCUT2D eigenvalue weighted by atomic mass is 32.2. The van der Waals surface area contributed by atoms with Gasteiger partial charge in [0.15, 0.2) is 0 Å². The number of carbonyl (C=O) groups excluding carboxylic acids is 3. The van der Waals surface area contributed by atoms with Gasteiger partial charge in [0.05, 0.1) is 24.3 Å². The molecule has 0 spiro atoms. The summed E-state index contributed by atoms with van der Waals surface area (Å²) in [5, 5.41) is 20.2. The third-order valence-electron chi connectivity index (χ3n) is 5.14. The average molecular weight is 438 g/mol. The van der Waals surface area contributed by atoms with Crippen LogP contribution in [0.5, 0.6) is 0 Å². The molecule has 0 saturated carbocycles. The van der Waals surface area contributed by atoms with Gasteiger partial charge in [-0.05, 0) is 26.7 Å². The van der Waals surface area contributed by atoms with E-state index in [0.717, 1.165) is 24.3 Å². The predicted octanol–water partition coefficient (Wildman–Crippen LogP) is 0.187. The molecular weight excluding hydrogens is 406 g/mol. The van der Waals surface area contributed by atoms with Crippen LogP contribution in [0.15, 0.2) is 6.20 Å². The van der Waals surface area contributed by atoms with Gasteiger partial charge in [0.25, 0.3) is 0 Å². The van der Waals surface area contributed by atoms with Crippen molar-refractivity contribution in [2.24, 2.45) is 0 Å². The molecule has 3 atom stereocenters. The van der Waals surface area contributed by atoms with Crippen molar-refractivity contribution < 1.29 is 14.4 Å². The van der Waals surface area contributed by atoms with E-state index in [1.807, 2.05) is 31.8 Å². The summed E-state index contributed by atoms with van der Waals surface area (Å²) >= 11 is 1.86. The lowest BCUT2D eigenvalue weighted by Gasteiger charge is -2.16. The van der Waals surface area contributed by atoms with Gasteiger partial charge in [0.2, 0.25) is 11.8 Å². The number of hydrogen-bond acceptors (Lipinski definition) is 6. The lowest BCUT2D eigenvalue weighted by atomic mass is 10.0. The predicted molar refractivity (Wildman–Crippen MR) is 114 cm³/mol. The number of nitrogens with one attached hydrogen (secondary N) is 4. The van der Waals surface area contributed by atoms with Gasteiger partial charge in [-0.1, -0.05) is 5.21 Å². The number of carbonyl (C=O) groups is 3. The number of aryl methyl sites for hydroxylation is 1. The summed E-state index contributed by atoms with van der Waals surface area (Å²) in [5.74, 6) is 0.960. The number of rotatable bonds is 11. The zero-order valence-corrected chi connectivity index (χ0v) is 18.3. The molecule has 11 heteroatoms. The third-order valence-corrected chi connectivity index (χ3v) is 6.65. The van der Waals surface area contributed by atoms with E-state index in [0.29, 0.717) is 37.6 Å². The number of amides is 4. The van der Waals surface area contributed by atoms with E-state index >= 15 is 0 Å². The van der Waals surface area contributed by atoms with Crippen molar-refractivity contribution >= 4 is 29.6 Å². The fourth-order valence-corrected chi connectivity index (χ4v) is 5.25. The topological polar surface area (TPSA) is 130 Å². The van der Waals surface area contributed by atoms with Crippen LogP contribution in [0, 0.1) is 0 Å². The molecule has 1 aromatic rings. The Morgan fingerprint density at radius 3 is 2.93 bits per heavy atom. The number of aromatic nitrogens is 3. The summed E-state index contributed by atoms with van der Waals surface area (Å²) in [5.41, 5.74) is 0.765. The molecule has 3 heterocycles. The fourth-order valence-electron chi connectivity index (χ4n) is 3.70. The number of nitrogens with zero attached hydrogens (tertiary/aromatic N) is 3. The first-order valence-electron chi connectivity index (χ1n) is 10.5. The molecule has 4 amide bonds. The summed E-state index contributed by atoms with van der Waals surface area (Å²) in [4.78, 5) is 35.2. The van der Waals surface area contributed by atoms with E-state index < -0.39 is 0 Å². The average Bonchev–Trinajstić information content (AvgIpc) is 3.36. The van der Waals surface area contributed by atoms with E-state index in [1.165, 1.54) is 0 Å². The Hall–Kier alpha value is -2.30. The number of urea groups is 1. The molecule has 2 aliphatic rings. The molecule has 0 aromatic carbocycles. The Balaban J connectivity index is 1.26. The van der Waals surface area contributed by atoms with Crippen LogP contribution in [-0.4, -0.2) is 68.5 Å². The molecule has 30 heavy (non-hydrogen) atoms. The van der Waals surface area contributed by atoms with Gasteiger partial charge < -0.3 is 21.3 Å². The van der Waals surface area contributed by atoms with Crippen molar-refractivity contribution in [2.75, 3.05) is 12.3 Å². The lowest BCUT2D eigenvalue weighted by molar-refractivity contribution is -0.122. The maximum Gasteiger partial charge on any atom is 0.315 e. The molecule has 0 bridgehead atoms. The molecule has 166 valence electrons. The second-order valence-electron chi connectivity index (χ2n) is 8.06. The molecule has 3 rings (SSSR count). The van der Waals surface area contributed by atoms with Crippen molar-refractivity contribution in [1.29, 1.82) is 0 Å². The third kappa shape index (κ3) is 6.61. The van der Waals surface area contributed by atoms with Gasteiger partial charge in [-0.3, -0.25) is 14.3 Å². The van der Waals surface area contributed by atoms with Crippen LogP contribution >= 0.6 is 11.8 Å². The number of thioether (sulfide) groups is 1. The summed E-state index contributed by atoms with van der Waals surface area (Å²) in [6.07, 6.45) is 4.93.